The summed E-state index contributed by atoms with van der Waals surface area (Å²) in [4.78, 5) is 13.2. The van der Waals surface area contributed by atoms with Crippen molar-refractivity contribution in [3.8, 4) is 5.75 Å². The molecular weight excluding hydrogens is 310 g/mol. The first-order chi connectivity index (χ1) is 12.1. The Morgan fingerprint density at radius 1 is 1.00 bits per heavy atom. The van der Waals surface area contributed by atoms with Crippen molar-refractivity contribution in [2.24, 2.45) is 11.8 Å². The van der Waals surface area contributed by atoms with Crippen molar-refractivity contribution in [3.63, 3.8) is 0 Å². The molecule has 1 N–H and O–H groups in total. The molecule has 1 unspecified atom stereocenters. The predicted octanol–water partition coefficient (Wildman–Crippen LogP) is 4.59. The SMILES string of the molecule is COc1ccc2cc(C(=O)[C@@H]3CC(NC4CC4)CC[C@@H]3C)ccc2c1. The van der Waals surface area contributed by atoms with E-state index < -0.39 is 0 Å². The van der Waals surface area contributed by atoms with Gasteiger partial charge in [0.05, 0.1) is 7.11 Å². The monoisotopic (exact) mass is 337 g/mol. The van der Waals surface area contributed by atoms with Crippen molar-refractivity contribution in [2.75, 3.05) is 7.11 Å². The van der Waals surface area contributed by atoms with Gasteiger partial charge in [-0.05, 0) is 67.0 Å². The number of methoxy groups -OCH3 is 1. The van der Waals surface area contributed by atoms with Gasteiger partial charge in [0.2, 0.25) is 0 Å². The summed E-state index contributed by atoms with van der Waals surface area (Å²) in [6.45, 7) is 2.24. The number of hydrogen-bond acceptors (Lipinski definition) is 3. The summed E-state index contributed by atoms with van der Waals surface area (Å²) in [5, 5.41) is 5.94. The fourth-order valence-corrected chi connectivity index (χ4v) is 4.14. The summed E-state index contributed by atoms with van der Waals surface area (Å²) in [5.74, 6) is 1.77. The second-order valence-electron chi connectivity index (χ2n) is 7.83. The number of carbonyl (C=O) groups is 1. The number of ether oxygens (including phenoxy) is 1. The van der Waals surface area contributed by atoms with Gasteiger partial charge in [0.25, 0.3) is 0 Å². The second-order valence-corrected chi connectivity index (χ2v) is 7.83. The summed E-state index contributed by atoms with van der Waals surface area (Å²) in [6.07, 6.45) is 5.94. The summed E-state index contributed by atoms with van der Waals surface area (Å²) >= 11 is 0. The van der Waals surface area contributed by atoms with E-state index in [0.717, 1.165) is 34.9 Å². The van der Waals surface area contributed by atoms with Crippen LogP contribution in [-0.2, 0) is 0 Å². The van der Waals surface area contributed by atoms with Crippen molar-refractivity contribution < 1.29 is 9.53 Å². The summed E-state index contributed by atoms with van der Waals surface area (Å²) in [5.41, 5.74) is 0.849. The number of hydrogen-bond donors (Lipinski definition) is 1. The third-order valence-corrected chi connectivity index (χ3v) is 5.91. The molecule has 25 heavy (non-hydrogen) atoms. The highest BCUT2D eigenvalue weighted by Gasteiger charge is 2.35. The highest BCUT2D eigenvalue weighted by Crippen LogP contribution is 2.35. The zero-order valence-electron chi connectivity index (χ0n) is 15.1. The highest BCUT2D eigenvalue weighted by atomic mass is 16.5. The number of nitrogens with one attached hydrogen (secondary N) is 1. The molecule has 2 saturated carbocycles. The van der Waals surface area contributed by atoms with E-state index in [1.165, 1.54) is 19.3 Å². The number of fused-ring (bicyclic) bond motifs is 1. The zero-order valence-corrected chi connectivity index (χ0v) is 15.1. The standard InChI is InChI=1S/C22H27NO2/c1-14-3-7-19(23-18-8-9-18)13-21(14)22(24)17-5-4-16-12-20(25-2)10-6-15(16)11-17/h4-6,10-12,14,18-19,21,23H,3,7-9,13H2,1-2H3/t14-,19?,21+/m0/s1. The summed E-state index contributed by atoms with van der Waals surface area (Å²) < 4.78 is 5.28. The molecule has 0 aromatic heterocycles. The van der Waals surface area contributed by atoms with E-state index in [-0.39, 0.29) is 5.92 Å². The third-order valence-electron chi connectivity index (χ3n) is 5.91. The Morgan fingerprint density at radius 2 is 1.72 bits per heavy atom. The first kappa shape index (κ1) is 16.6. The number of ketones is 1. The minimum atomic E-state index is 0.140. The van der Waals surface area contributed by atoms with Crippen molar-refractivity contribution in [1.29, 1.82) is 0 Å². The number of benzene rings is 2. The van der Waals surface area contributed by atoms with Crippen molar-refractivity contribution in [2.45, 2.75) is 51.1 Å². The number of carbonyl (C=O) groups excluding carboxylic acids is 1. The molecule has 0 amide bonds. The maximum absolute atomic E-state index is 13.2. The van der Waals surface area contributed by atoms with Crippen LogP contribution in [0.25, 0.3) is 10.8 Å². The lowest BCUT2D eigenvalue weighted by molar-refractivity contribution is 0.0811. The van der Waals surface area contributed by atoms with E-state index in [4.69, 9.17) is 4.74 Å². The van der Waals surface area contributed by atoms with Gasteiger partial charge in [-0.15, -0.1) is 0 Å². The first-order valence-electron chi connectivity index (χ1n) is 9.52. The molecular formula is C22H27NO2. The molecule has 2 aliphatic rings. The van der Waals surface area contributed by atoms with Gasteiger partial charge < -0.3 is 10.1 Å². The highest BCUT2D eigenvalue weighted by molar-refractivity contribution is 6.01. The molecule has 132 valence electrons. The quantitative estimate of drug-likeness (QED) is 0.811. The molecule has 0 aliphatic heterocycles. The van der Waals surface area contributed by atoms with E-state index in [9.17, 15) is 4.79 Å². The van der Waals surface area contributed by atoms with Gasteiger partial charge in [0.15, 0.2) is 5.78 Å². The van der Waals surface area contributed by atoms with Crippen LogP contribution in [0.5, 0.6) is 5.75 Å². The molecule has 0 saturated heterocycles. The smallest absolute Gasteiger partial charge is 0.166 e. The van der Waals surface area contributed by atoms with Gasteiger partial charge in [-0.3, -0.25) is 4.79 Å². The van der Waals surface area contributed by atoms with Gasteiger partial charge in [-0.2, -0.15) is 0 Å². The Balaban J connectivity index is 1.54. The van der Waals surface area contributed by atoms with Gasteiger partial charge in [-0.25, -0.2) is 0 Å². The number of Topliss-reactive ketones (excluding diaryl/α,β-unsaturated/α-hetero) is 1. The van der Waals surface area contributed by atoms with Crippen LogP contribution >= 0.6 is 0 Å². The Bertz CT molecular complexity index is 781. The molecule has 0 bridgehead atoms. The average molecular weight is 337 g/mol. The lowest BCUT2D eigenvalue weighted by atomic mass is 9.74. The van der Waals surface area contributed by atoms with Gasteiger partial charge >= 0.3 is 0 Å². The zero-order chi connectivity index (χ0) is 17.4. The van der Waals surface area contributed by atoms with Crippen molar-refractivity contribution in [1.82, 2.24) is 5.32 Å². The summed E-state index contributed by atoms with van der Waals surface area (Å²) in [7, 11) is 1.68. The van der Waals surface area contributed by atoms with Crippen molar-refractivity contribution in [3.05, 3.63) is 42.0 Å². The minimum Gasteiger partial charge on any atom is -0.497 e. The van der Waals surface area contributed by atoms with Crippen LogP contribution in [0.3, 0.4) is 0 Å². The topological polar surface area (TPSA) is 38.3 Å². The van der Waals surface area contributed by atoms with Gasteiger partial charge in [0, 0.05) is 23.6 Å². The van der Waals surface area contributed by atoms with Crippen LogP contribution < -0.4 is 10.1 Å². The van der Waals surface area contributed by atoms with E-state index in [2.05, 4.69) is 12.2 Å². The second kappa shape index (κ2) is 6.80. The molecule has 3 atom stereocenters. The fourth-order valence-electron chi connectivity index (χ4n) is 4.14. The van der Waals surface area contributed by atoms with Gasteiger partial charge in [0.1, 0.15) is 5.75 Å². The van der Waals surface area contributed by atoms with Crippen LogP contribution in [0.2, 0.25) is 0 Å². The molecule has 2 aromatic rings. The molecule has 2 fully saturated rings. The lowest BCUT2D eigenvalue weighted by Crippen LogP contribution is -2.40. The fraction of sp³-hybridized carbons (Fsp3) is 0.500. The normalized spacial score (nSPS) is 26.6. The van der Waals surface area contributed by atoms with Crippen LogP contribution in [0, 0.1) is 11.8 Å². The van der Waals surface area contributed by atoms with E-state index >= 15 is 0 Å². The molecule has 0 radical (unpaired) electrons. The lowest BCUT2D eigenvalue weighted by Gasteiger charge is -2.34. The molecule has 0 spiro atoms. The van der Waals surface area contributed by atoms with E-state index in [1.807, 2.05) is 36.4 Å². The Hall–Kier alpha value is -1.87. The largest absolute Gasteiger partial charge is 0.497 e. The molecule has 2 aromatic carbocycles. The van der Waals surface area contributed by atoms with Crippen LogP contribution in [0.4, 0.5) is 0 Å². The molecule has 0 heterocycles. The molecule has 3 nitrogen and oxygen atoms in total. The first-order valence-corrected chi connectivity index (χ1v) is 9.52. The van der Waals surface area contributed by atoms with E-state index in [0.29, 0.717) is 23.8 Å². The maximum atomic E-state index is 13.2. The molecule has 3 heteroatoms. The summed E-state index contributed by atoms with van der Waals surface area (Å²) in [6, 6.07) is 13.3. The van der Waals surface area contributed by atoms with Crippen LogP contribution in [0.1, 0.15) is 49.4 Å². The molecule has 4 rings (SSSR count). The average Bonchev–Trinajstić information content (AvgIpc) is 3.46. The van der Waals surface area contributed by atoms with Gasteiger partial charge in [-0.1, -0.05) is 25.1 Å². The number of rotatable bonds is 5. The van der Waals surface area contributed by atoms with Crippen LogP contribution in [-0.4, -0.2) is 25.0 Å². The van der Waals surface area contributed by atoms with E-state index in [1.54, 1.807) is 7.11 Å². The van der Waals surface area contributed by atoms with Crippen LogP contribution in [0.15, 0.2) is 36.4 Å². The minimum absolute atomic E-state index is 0.140. The predicted molar refractivity (Wildman–Crippen MR) is 101 cm³/mol. The maximum Gasteiger partial charge on any atom is 0.166 e. The Kier molecular flexibility index (Phi) is 4.51. The Labute approximate surface area is 149 Å². The Morgan fingerprint density at radius 3 is 2.48 bits per heavy atom. The molecule has 2 aliphatic carbocycles. The van der Waals surface area contributed by atoms with Crippen molar-refractivity contribution >= 4 is 16.6 Å². The third kappa shape index (κ3) is 3.57.